The summed E-state index contributed by atoms with van der Waals surface area (Å²) in [5.74, 6) is -1.12. The maximum Gasteiger partial charge on any atom is 0.307 e. The van der Waals surface area contributed by atoms with Gasteiger partial charge in [0.15, 0.2) is 0 Å². The molecule has 0 aliphatic heterocycles. The monoisotopic (exact) mass is 247 g/mol. The van der Waals surface area contributed by atoms with E-state index in [0.717, 1.165) is 13.1 Å². The summed E-state index contributed by atoms with van der Waals surface area (Å²) in [6.07, 6.45) is 0. The molecule has 0 fully saturated rings. The SMILES string of the molecule is CCOCCN(CCOCC)CC(C)C(=O)O. The Bertz CT molecular complexity index is 189. The van der Waals surface area contributed by atoms with Gasteiger partial charge < -0.3 is 14.6 Å². The Balaban J connectivity index is 3.95. The van der Waals surface area contributed by atoms with Gasteiger partial charge in [-0.05, 0) is 13.8 Å². The lowest BCUT2D eigenvalue weighted by molar-refractivity contribution is -0.141. The van der Waals surface area contributed by atoms with E-state index in [4.69, 9.17) is 14.6 Å². The van der Waals surface area contributed by atoms with Crippen molar-refractivity contribution < 1.29 is 19.4 Å². The maximum atomic E-state index is 10.8. The first-order valence-corrected chi connectivity index (χ1v) is 6.22. The molecule has 1 N–H and O–H groups in total. The molecule has 0 aliphatic carbocycles. The van der Waals surface area contributed by atoms with Gasteiger partial charge in [-0.2, -0.15) is 0 Å². The van der Waals surface area contributed by atoms with Crippen molar-refractivity contribution in [3.8, 4) is 0 Å². The normalized spacial score (nSPS) is 12.9. The molecule has 5 nitrogen and oxygen atoms in total. The molecule has 5 heteroatoms. The van der Waals surface area contributed by atoms with E-state index >= 15 is 0 Å². The van der Waals surface area contributed by atoms with E-state index in [1.165, 1.54) is 0 Å². The van der Waals surface area contributed by atoms with Crippen LogP contribution in [0.1, 0.15) is 20.8 Å². The van der Waals surface area contributed by atoms with Gasteiger partial charge in [-0.1, -0.05) is 6.92 Å². The third-order valence-electron chi connectivity index (χ3n) is 2.47. The summed E-state index contributed by atoms with van der Waals surface area (Å²) in [4.78, 5) is 12.9. The summed E-state index contributed by atoms with van der Waals surface area (Å²) in [6.45, 7) is 10.3. The van der Waals surface area contributed by atoms with Crippen LogP contribution in [0.5, 0.6) is 0 Å². The van der Waals surface area contributed by atoms with Crippen LogP contribution < -0.4 is 0 Å². The first kappa shape index (κ1) is 16.4. The molecule has 0 aliphatic rings. The van der Waals surface area contributed by atoms with Crippen LogP contribution in [0.3, 0.4) is 0 Å². The van der Waals surface area contributed by atoms with Crippen molar-refractivity contribution >= 4 is 5.97 Å². The molecule has 0 aromatic heterocycles. The van der Waals surface area contributed by atoms with Gasteiger partial charge in [0.2, 0.25) is 0 Å². The number of ether oxygens (including phenoxy) is 2. The number of hydrogen-bond donors (Lipinski definition) is 1. The zero-order valence-corrected chi connectivity index (χ0v) is 11.1. The average Bonchev–Trinajstić information content (AvgIpc) is 2.29. The van der Waals surface area contributed by atoms with Crippen molar-refractivity contribution in [3.05, 3.63) is 0 Å². The molecule has 0 heterocycles. The average molecular weight is 247 g/mol. The van der Waals surface area contributed by atoms with Gasteiger partial charge in [0, 0.05) is 32.8 Å². The second kappa shape index (κ2) is 10.5. The topological polar surface area (TPSA) is 59.0 Å². The van der Waals surface area contributed by atoms with Gasteiger partial charge in [-0.15, -0.1) is 0 Å². The molecule has 0 bridgehead atoms. The highest BCUT2D eigenvalue weighted by molar-refractivity contribution is 5.69. The van der Waals surface area contributed by atoms with Crippen LogP contribution in [0.2, 0.25) is 0 Å². The van der Waals surface area contributed by atoms with Crippen molar-refractivity contribution in [2.45, 2.75) is 20.8 Å². The van der Waals surface area contributed by atoms with E-state index in [2.05, 4.69) is 4.90 Å². The molecule has 17 heavy (non-hydrogen) atoms. The lowest BCUT2D eigenvalue weighted by atomic mass is 10.1. The number of nitrogens with zero attached hydrogens (tertiary/aromatic N) is 1. The molecular weight excluding hydrogens is 222 g/mol. The third-order valence-corrected chi connectivity index (χ3v) is 2.47. The first-order chi connectivity index (χ1) is 8.11. The predicted octanol–water partition coefficient (Wildman–Crippen LogP) is 1.08. The van der Waals surface area contributed by atoms with Gasteiger partial charge >= 0.3 is 5.97 Å². The van der Waals surface area contributed by atoms with Crippen molar-refractivity contribution in [2.75, 3.05) is 46.1 Å². The van der Waals surface area contributed by atoms with E-state index in [1.54, 1.807) is 6.92 Å². The number of carboxylic acids is 1. The van der Waals surface area contributed by atoms with Gasteiger partial charge in [0.1, 0.15) is 0 Å². The van der Waals surface area contributed by atoms with E-state index in [0.29, 0.717) is 33.0 Å². The van der Waals surface area contributed by atoms with Gasteiger partial charge in [0.25, 0.3) is 0 Å². The molecule has 0 aromatic carbocycles. The molecule has 1 atom stereocenters. The fourth-order valence-corrected chi connectivity index (χ4v) is 1.44. The highest BCUT2D eigenvalue weighted by Gasteiger charge is 2.15. The Kier molecular flexibility index (Phi) is 10.1. The van der Waals surface area contributed by atoms with Crippen molar-refractivity contribution in [1.29, 1.82) is 0 Å². The molecule has 0 spiro atoms. The highest BCUT2D eigenvalue weighted by Crippen LogP contribution is 2.00. The van der Waals surface area contributed by atoms with E-state index in [-0.39, 0.29) is 5.92 Å². The zero-order chi connectivity index (χ0) is 13.1. The number of carbonyl (C=O) groups is 1. The lowest BCUT2D eigenvalue weighted by Crippen LogP contribution is -2.36. The second-order valence-electron chi connectivity index (χ2n) is 3.93. The molecule has 0 rings (SSSR count). The largest absolute Gasteiger partial charge is 0.481 e. The molecule has 1 unspecified atom stereocenters. The summed E-state index contributed by atoms with van der Waals surface area (Å²) >= 11 is 0. The maximum absolute atomic E-state index is 10.8. The smallest absolute Gasteiger partial charge is 0.307 e. The summed E-state index contributed by atoms with van der Waals surface area (Å²) in [5, 5.41) is 8.88. The Morgan fingerprint density at radius 3 is 2.00 bits per heavy atom. The fraction of sp³-hybridized carbons (Fsp3) is 0.917. The lowest BCUT2D eigenvalue weighted by Gasteiger charge is -2.23. The van der Waals surface area contributed by atoms with Crippen LogP contribution in [0.4, 0.5) is 0 Å². The van der Waals surface area contributed by atoms with Gasteiger partial charge in [-0.3, -0.25) is 9.69 Å². The van der Waals surface area contributed by atoms with Gasteiger partial charge in [-0.25, -0.2) is 0 Å². The fourth-order valence-electron chi connectivity index (χ4n) is 1.44. The Morgan fingerprint density at radius 2 is 1.65 bits per heavy atom. The zero-order valence-electron chi connectivity index (χ0n) is 11.1. The minimum atomic E-state index is -0.761. The number of aliphatic carboxylic acids is 1. The van der Waals surface area contributed by atoms with Crippen LogP contribution in [0.15, 0.2) is 0 Å². The van der Waals surface area contributed by atoms with Crippen molar-refractivity contribution in [3.63, 3.8) is 0 Å². The minimum absolute atomic E-state index is 0.363. The van der Waals surface area contributed by atoms with Gasteiger partial charge in [0.05, 0.1) is 19.1 Å². The summed E-state index contributed by atoms with van der Waals surface area (Å²) in [7, 11) is 0. The van der Waals surface area contributed by atoms with Crippen LogP contribution in [-0.4, -0.2) is 62.0 Å². The molecule has 0 amide bonds. The Morgan fingerprint density at radius 1 is 1.18 bits per heavy atom. The minimum Gasteiger partial charge on any atom is -0.481 e. The van der Waals surface area contributed by atoms with E-state index in [1.807, 2.05) is 13.8 Å². The summed E-state index contributed by atoms with van der Waals surface area (Å²) < 4.78 is 10.6. The summed E-state index contributed by atoms with van der Waals surface area (Å²) in [5.41, 5.74) is 0. The van der Waals surface area contributed by atoms with Crippen LogP contribution in [0.25, 0.3) is 0 Å². The van der Waals surface area contributed by atoms with Crippen LogP contribution >= 0.6 is 0 Å². The van der Waals surface area contributed by atoms with Crippen LogP contribution in [0, 0.1) is 5.92 Å². The molecule has 0 radical (unpaired) electrons. The van der Waals surface area contributed by atoms with Crippen molar-refractivity contribution in [2.24, 2.45) is 5.92 Å². The third kappa shape index (κ3) is 9.09. The van der Waals surface area contributed by atoms with E-state index in [9.17, 15) is 4.79 Å². The van der Waals surface area contributed by atoms with E-state index < -0.39 is 5.97 Å². The number of carboxylic acid groups (broad SMARTS) is 1. The molecule has 102 valence electrons. The molecular formula is C12H25NO4. The standard InChI is InChI=1S/C12H25NO4/c1-4-16-8-6-13(7-9-17-5-2)10-11(3)12(14)15/h11H,4-10H2,1-3H3,(H,14,15). The highest BCUT2D eigenvalue weighted by atomic mass is 16.5. The van der Waals surface area contributed by atoms with Crippen LogP contribution in [-0.2, 0) is 14.3 Å². The summed E-state index contributed by atoms with van der Waals surface area (Å²) in [6, 6.07) is 0. The van der Waals surface area contributed by atoms with Crippen molar-refractivity contribution in [1.82, 2.24) is 4.90 Å². The molecule has 0 saturated heterocycles. The Labute approximate surface area is 104 Å². The first-order valence-electron chi connectivity index (χ1n) is 6.22. The Hall–Kier alpha value is -0.650. The molecule has 0 aromatic rings. The second-order valence-corrected chi connectivity index (χ2v) is 3.93. The number of rotatable bonds is 11. The number of hydrogen-bond acceptors (Lipinski definition) is 4. The molecule has 0 saturated carbocycles. The quantitative estimate of drug-likeness (QED) is 0.554. The predicted molar refractivity (Wildman–Crippen MR) is 66.2 cm³/mol.